The van der Waals surface area contributed by atoms with Gasteiger partial charge < -0.3 is 4.90 Å². The highest BCUT2D eigenvalue weighted by molar-refractivity contribution is 6.31. The van der Waals surface area contributed by atoms with E-state index in [-0.39, 0.29) is 27.1 Å². The normalized spacial score (nSPS) is 18.6. The molecule has 0 saturated carbocycles. The van der Waals surface area contributed by atoms with Crippen LogP contribution in [0.4, 0.5) is 11.4 Å². The number of nitrogens with zero attached hydrogens (tertiary/aromatic N) is 1. The number of hydrogen-bond donors (Lipinski definition) is 0. The zero-order valence-electron chi connectivity index (χ0n) is 33.1. The number of allylic oxidation sites excluding steroid dienone is 1. The molecule has 0 amide bonds. The third kappa shape index (κ3) is 5.33. The minimum absolute atomic E-state index is 0.00745. The van der Waals surface area contributed by atoms with E-state index in [1.165, 1.54) is 85.4 Å². The quantitative estimate of drug-likeness (QED) is 0.180. The van der Waals surface area contributed by atoms with Crippen molar-refractivity contribution in [2.75, 3.05) is 4.90 Å². The van der Waals surface area contributed by atoms with Crippen molar-refractivity contribution in [1.82, 2.24) is 0 Å². The second-order valence-electron chi connectivity index (χ2n) is 19.2. The first kappa shape index (κ1) is 35.0. The van der Waals surface area contributed by atoms with E-state index < -0.39 is 0 Å². The van der Waals surface area contributed by atoms with Crippen LogP contribution in [-0.2, 0) is 27.1 Å². The van der Waals surface area contributed by atoms with Gasteiger partial charge >= 0.3 is 0 Å². The van der Waals surface area contributed by atoms with Crippen LogP contribution >= 0.6 is 11.6 Å². The van der Waals surface area contributed by atoms with E-state index in [4.69, 9.17) is 11.6 Å². The summed E-state index contributed by atoms with van der Waals surface area (Å²) in [6, 6.07) is 36.6. The van der Waals surface area contributed by atoms with Gasteiger partial charge in [-0.1, -0.05) is 154 Å². The molecule has 266 valence electrons. The number of rotatable bonds is 4. The topological polar surface area (TPSA) is 3.24 Å². The van der Waals surface area contributed by atoms with E-state index in [0.29, 0.717) is 0 Å². The lowest BCUT2D eigenvalue weighted by atomic mass is 9.62. The molecule has 0 atom stereocenters. The maximum atomic E-state index is 7.24. The van der Waals surface area contributed by atoms with Crippen LogP contribution < -0.4 is 4.90 Å². The lowest BCUT2D eigenvalue weighted by Crippen LogP contribution is -2.34. The Morgan fingerprint density at radius 1 is 0.558 bits per heavy atom. The summed E-state index contributed by atoms with van der Waals surface area (Å²) in [5.74, 6) is 0. The molecule has 0 bridgehead atoms. The van der Waals surface area contributed by atoms with E-state index >= 15 is 0 Å². The molecule has 0 heterocycles. The maximum absolute atomic E-state index is 7.24. The van der Waals surface area contributed by atoms with Crippen molar-refractivity contribution < 1.29 is 0 Å². The van der Waals surface area contributed by atoms with Crippen LogP contribution in [0.1, 0.15) is 128 Å². The zero-order valence-corrected chi connectivity index (χ0v) is 33.8. The molecule has 0 radical (unpaired) electrons. The summed E-state index contributed by atoms with van der Waals surface area (Å²) in [6.45, 7) is 26.2. The van der Waals surface area contributed by atoms with Crippen molar-refractivity contribution in [2.45, 2.75) is 116 Å². The highest BCUT2D eigenvalue weighted by Crippen LogP contribution is 2.58. The fourth-order valence-electron chi connectivity index (χ4n) is 9.51. The smallest absolute Gasteiger partial charge is 0.0540 e. The second kappa shape index (κ2) is 11.5. The molecular formula is C50H54ClN. The largest absolute Gasteiger partial charge is 0.309 e. The van der Waals surface area contributed by atoms with Crippen molar-refractivity contribution in [3.63, 3.8) is 0 Å². The first-order valence-electron chi connectivity index (χ1n) is 19.2. The summed E-state index contributed by atoms with van der Waals surface area (Å²) < 4.78 is 0. The van der Waals surface area contributed by atoms with Crippen molar-refractivity contribution in [3.8, 4) is 22.3 Å². The molecule has 52 heavy (non-hydrogen) atoms. The molecule has 3 aliphatic carbocycles. The second-order valence-corrected chi connectivity index (χ2v) is 19.6. The SMILES string of the molecule is CC(C)(C)c1ccc(N(C2=CC(C)(C)c3cc4c(cc32)C(C)(C)CCC4(C)C)c2cc(Cl)cc3c2C(C)(C)c2ccccc2-3)c(-c2ccccc2)c1. The van der Waals surface area contributed by atoms with Crippen LogP contribution in [0, 0.1) is 0 Å². The van der Waals surface area contributed by atoms with E-state index in [9.17, 15) is 0 Å². The monoisotopic (exact) mass is 703 g/mol. The molecule has 0 N–H and O–H groups in total. The Kier molecular flexibility index (Phi) is 7.71. The molecule has 3 aliphatic rings. The fraction of sp³-hybridized carbons (Fsp3) is 0.360. The van der Waals surface area contributed by atoms with Crippen molar-refractivity contribution >= 4 is 28.7 Å². The summed E-state index contributed by atoms with van der Waals surface area (Å²) in [6.07, 6.45) is 4.92. The minimum atomic E-state index is -0.234. The van der Waals surface area contributed by atoms with Gasteiger partial charge in [-0.2, -0.15) is 0 Å². The van der Waals surface area contributed by atoms with Crippen molar-refractivity contribution in [1.29, 1.82) is 0 Å². The lowest BCUT2D eigenvalue weighted by Gasteiger charge is -2.43. The third-order valence-electron chi connectivity index (χ3n) is 12.7. The average Bonchev–Trinajstić information content (AvgIpc) is 3.48. The Bertz CT molecular complexity index is 2290. The molecule has 0 fully saturated rings. The Morgan fingerprint density at radius 2 is 1.19 bits per heavy atom. The lowest BCUT2D eigenvalue weighted by molar-refractivity contribution is 0.331. The van der Waals surface area contributed by atoms with Gasteiger partial charge in [0.1, 0.15) is 0 Å². The van der Waals surface area contributed by atoms with Gasteiger partial charge in [0.05, 0.1) is 17.1 Å². The van der Waals surface area contributed by atoms with Gasteiger partial charge in [0.2, 0.25) is 0 Å². The van der Waals surface area contributed by atoms with Crippen molar-refractivity contribution in [2.24, 2.45) is 0 Å². The van der Waals surface area contributed by atoms with Crippen LogP contribution in [-0.4, -0.2) is 0 Å². The number of anilines is 2. The predicted octanol–water partition coefficient (Wildman–Crippen LogP) is 14.4. The van der Waals surface area contributed by atoms with E-state index in [2.05, 4.69) is 184 Å². The Hall–Kier alpha value is -4.07. The fourth-order valence-corrected chi connectivity index (χ4v) is 9.73. The summed E-state index contributed by atoms with van der Waals surface area (Å²) in [5, 5.41) is 0.755. The zero-order chi connectivity index (χ0) is 37.2. The molecule has 1 nitrogen and oxygen atoms in total. The van der Waals surface area contributed by atoms with Crippen LogP contribution in [0.25, 0.3) is 28.0 Å². The first-order valence-corrected chi connectivity index (χ1v) is 19.6. The number of hydrogen-bond acceptors (Lipinski definition) is 1. The number of halogens is 1. The molecule has 8 rings (SSSR count). The Balaban J connectivity index is 1.49. The van der Waals surface area contributed by atoms with E-state index in [0.717, 1.165) is 10.7 Å². The highest BCUT2D eigenvalue weighted by Gasteiger charge is 2.44. The Morgan fingerprint density at radius 3 is 1.87 bits per heavy atom. The van der Waals surface area contributed by atoms with E-state index in [1.807, 2.05) is 0 Å². The number of benzene rings is 5. The van der Waals surface area contributed by atoms with Crippen LogP contribution in [0.2, 0.25) is 5.02 Å². The molecule has 2 heteroatoms. The third-order valence-corrected chi connectivity index (χ3v) is 12.9. The van der Waals surface area contributed by atoms with Gasteiger partial charge in [0.25, 0.3) is 0 Å². The van der Waals surface area contributed by atoms with Gasteiger partial charge in [-0.15, -0.1) is 0 Å². The minimum Gasteiger partial charge on any atom is -0.309 e. The summed E-state index contributed by atoms with van der Waals surface area (Å²) in [5.41, 5.74) is 18.0. The maximum Gasteiger partial charge on any atom is 0.0540 e. The highest BCUT2D eigenvalue weighted by atomic mass is 35.5. The molecule has 5 aromatic carbocycles. The molecule has 0 aliphatic heterocycles. The van der Waals surface area contributed by atoms with E-state index in [1.54, 1.807) is 0 Å². The average molecular weight is 704 g/mol. The van der Waals surface area contributed by atoms with Crippen LogP contribution in [0.3, 0.4) is 0 Å². The van der Waals surface area contributed by atoms with Crippen LogP contribution in [0.5, 0.6) is 0 Å². The molecule has 0 saturated heterocycles. The summed E-state index contributed by atoms with van der Waals surface area (Å²) >= 11 is 7.24. The molecular weight excluding hydrogens is 650 g/mol. The number of fused-ring (bicyclic) bond motifs is 5. The Labute approximate surface area is 317 Å². The van der Waals surface area contributed by atoms with Gasteiger partial charge in [-0.05, 0) is 116 Å². The summed E-state index contributed by atoms with van der Waals surface area (Å²) in [4.78, 5) is 2.59. The summed E-state index contributed by atoms with van der Waals surface area (Å²) in [7, 11) is 0. The van der Waals surface area contributed by atoms with Crippen molar-refractivity contribution in [3.05, 3.63) is 147 Å². The molecule has 0 unspecified atom stereocenters. The van der Waals surface area contributed by atoms with Crippen LogP contribution in [0.15, 0.2) is 103 Å². The first-order chi connectivity index (χ1) is 24.3. The standard InChI is InChI=1S/C50H54ClN/c1-46(2,3)32-21-22-42(35(25-32)31-17-13-12-14-18-31)52(43-27-33(51)26-36-34-19-15-16-20-38(34)50(10,11)45(36)43)44-30-49(8,9)39-29-41-40(28-37(39)44)47(4,5)23-24-48(41,6)7/h12-22,25-30H,23-24H2,1-11H3. The van der Waals surface area contributed by atoms with Gasteiger partial charge in [-0.3, -0.25) is 0 Å². The molecule has 0 aromatic heterocycles. The molecule has 0 spiro atoms. The van der Waals surface area contributed by atoms with Gasteiger partial charge in [0, 0.05) is 27.0 Å². The van der Waals surface area contributed by atoms with Gasteiger partial charge in [-0.25, -0.2) is 0 Å². The predicted molar refractivity (Wildman–Crippen MR) is 224 cm³/mol. The molecule has 5 aromatic rings. The van der Waals surface area contributed by atoms with Gasteiger partial charge in [0.15, 0.2) is 0 Å².